The van der Waals surface area contributed by atoms with Crippen molar-refractivity contribution in [2.45, 2.75) is 31.8 Å². The van der Waals surface area contributed by atoms with Gasteiger partial charge in [0.05, 0.1) is 10.5 Å². The van der Waals surface area contributed by atoms with Gasteiger partial charge in [-0.05, 0) is 31.9 Å². The first-order valence-electron chi connectivity index (χ1n) is 8.34. The van der Waals surface area contributed by atoms with E-state index in [-0.39, 0.29) is 17.9 Å². The van der Waals surface area contributed by atoms with Crippen molar-refractivity contribution in [1.29, 1.82) is 0 Å². The Kier molecular flexibility index (Phi) is 3.57. The summed E-state index contributed by atoms with van der Waals surface area (Å²) in [4.78, 5) is 29.4. The number of piperazine rings is 1. The van der Waals surface area contributed by atoms with Gasteiger partial charge in [-0.15, -0.1) is 0 Å². The zero-order valence-electron chi connectivity index (χ0n) is 13.8. The predicted octanol–water partition coefficient (Wildman–Crippen LogP) is 2.67. The van der Waals surface area contributed by atoms with E-state index in [9.17, 15) is 9.59 Å². The minimum atomic E-state index is -0.416. The summed E-state index contributed by atoms with van der Waals surface area (Å²) in [6, 6.07) is 7.25. The first-order valence-corrected chi connectivity index (χ1v) is 8.72. The van der Waals surface area contributed by atoms with Gasteiger partial charge in [0.25, 0.3) is 5.91 Å². The van der Waals surface area contributed by atoms with Gasteiger partial charge in [0, 0.05) is 31.6 Å². The Labute approximate surface area is 145 Å². The summed E-state index contributed by atoms with van der Waals surface area (Å²) in [6.07, 6.45) is 2.00. The second-order valence-electron chi connectivity index (χ2n) is 6.73. The van der Waals surface area contributed by atoms with E-state index >= 15 is 0 Å². The van der Waals surface area contributed by atoms with Crippen molar-refractivity contribution in [3.05, 3.63) is 35.0 Å². The maximum Gasteiger partial charge on any atom is 0.271 e. The molecule has 24 heavy (non-hydrogen) atoms. The van der Waals surface area contributed by atoms with Gasteiger partial charge < -0.3 is 14.4 Å². The van der Waals surface area contributed by atoms with Crippen LogP contribution in [0.15, 0.2) is 24.3 Å². The van der Waals surface area contributed by atoms with E-state index in [1.807, 2.05) is 47.7 Å². The number of carbonyl (C=O) groups is 2. The van der Waals surface area contributed by atoms with Crippen LogP contribution < -0.4 is 0 Å². The van der Waals surface area contributed by atoms with Crippen LogP contribution in [0.1, 0.15) is 30.3 Å². The molecule has 0 N–H and O–H groups in total. The summed E-state index contributed by atoms with van der Waals surface area (Å²) in [5.74, 6) is -0.0361. The van der Waals surface area contributed by atoms with Gasteiger partial charge in [-0.1, -0.05) is 23.7 Å². The Morgan fingerprint density at radius 3 is 2.88 bits per heavy atom. The summed E-state index contributed by atoms with van der Waals surface area (Å²) in [6.45, 7) is 3.25. The molecule has 5 nitrogen and oxygen atoms in total. The van der Waals surface area contributed by atoms with Crippen LogP contribution >= 0.6 is 11.6 Å². The van der Waals surface area contributed by atoms with E-state index in [1.54, 1.807) is 4.90 Å². The molecule has 0 unspecified atom stereocenters. The average Bonchev–Trinajstić information content (AvgIpc) is 3.16. The van der Waals surface area contributed by atoms with Crippen LogP contribution in [-0.2, 0) is 11.8 Å². The highest BCUT2D eigenvalue weighted by Gasteiger charge is 2.42. The molecule has 126 valence electrons. The first-order chi connectivity index (χ1) is 11.5. The number of benzene rings is 1. The van der Waals surface area contributed by atoms with E-state index in [0.717, 1.165) is 30.3 Å². The van der Waals surface area contributed by atoms with Crippen LogP contribution in [0, 0.1) is 0 Å². The number of para-hydroxylation sites is 1. The van der Waals surface area contributed by atoms with Gasteiger partial charge in [-0.2, -0.15) is 0 Å². The second kappa shape index (κ2) is 5.52. The monoisotopic (exact) mass is 345 g/mol. The SMILES string of the molecule is C[C@@H]1C(=O)N2CCC[C@@H]2CN1C(=O)c1cc2cccc(Cl)c2n1C. The molecular formula is C18H20ClN3O2. The van der Waals surface area contributed by atoms with Gasteiger partial charge in [-0.25, -0.2) is 0 Å². The molecule has 0 aliphatic carbocycles. The Balaban J connectivity index is 1.72. The largest absolute Gasteiger partial charge is 0.338 e. The third-order valence-corrected chi connectivity index (χ3v) is 5.68. The topological polar surface area (TPSA) is 45.6 Å². The standard InChI is InChI=1S/C18H20ClN3O2/c1-11-17(23)21-8-4-6-13(21)10-22(11)18(24)15-9-12-5-3-7-14(19)16(12)20(15)2/h3,5,7,9,11,13H,4,6,8,10H2,1-2H3/t11-,13-/m1/s1. The van der Waals surface area contributed by atoms with E-state index in [0.29, 0.717) is 17.3 Å². The zero-order valence-corrected chi connectivity index (χ0v) is 14.6. The van der Waals surface area contributed by atoms with E-state index in [2.05, 4.69) is 0 Å². The molecule has 0 saturated carbocycles. The quantitative estimate of drug-likeness (QED) is 0.797. The maximum absolute atomic E-state index is 13.1. The molecule has 3 heterocycles. The highest BCUT2D eigenvalue weighted by atomic mass is 35.5. The number of aromatic nitrogens is 1. The molecular weight excluding hydrogens is 326 g/mol. The molecule has 4 rings (SSSR count). The van der Waals surface area contributed by atoms with Crippen molar-refractivity contribution < 1.29 is 9.59 Å². The number of rotatable bonds is 1. The Bertz CT molecular complexity index is 844. The maximum atomic E-state index is 13.1. The molecule has 6 heteroatoms. The lowest BCUT2D eigenvalue weighted by Gasteiger charge is -2.41. The predicted molar refractivity (Wildman–Crippen MR) is 93.2 cm³/mol. The highest BCUT2D eigenvalue weighted by molar-refractivity contribution is 6.35. The molecule has 2 saturated heterocycles. The summed E-state index contributed by atoms with van der Waals surface area (Å²) in [5, 5.41) is 1.56. The fourth-order valence-corrected chi connectivity index (χ4v) is 4.36. The molecule has 0 spiro atoms. The molecule has 0 bridgehead atoms. The smallest absolute Gasteiger partial charge is 0.271 e. The number of nitrogens with zero attached hydrogens (tertiary/aromatic N) is 3. The summed E-state index contributed by atoms with van der Waals surface area (Å²) >= 11 is 6.28. The van der Waals surface area contributed by atoms with Gasteiger partial charge >= 0.3 is 0 Å². The average molecular weight is 346 g/mol. The van der Waals surface area contributed by atoms with Crippen molar-refractivity contribution in [3.8, 4) is 0 Å². The number of fused-ring (bicyclic) bond motifs is 2. The Morgan fingerprint density at radius 1 is 1.33 bits per heavy atom. The van der Waals surface area contributed by atoms with Crippen LogP contribution in [-0.4, -0.2) is 51.4 Å². The number of halogens is 1. The lowest BCUT2D eigenvalue weighted by molar-refractivity contribution is -0.141. The van der Waals surface area contributed by atoms with E-state index in [1.165, 1.54) is 0 Å². The van der Waals surface area contributed by atoms with Crippen molar-refractivity contribution in [1.82, 2.24) is 14.4 Å². The van der Waals surface area contributed by atoms with Gasteiger partial charge in [0.2, 0.25) is 5.91 Å². The van der Waals surface area contributed by atoms with Crippen LogP contribution in [0.3, 0.4) is 0 Å². The summed E-state index contributed by atoms with van der Waals surface area (Å²) in [7, 11) is 1.85. The third kappa shape index (κ3) is 2.14. The van der Waals surface area contributed by atoms with Crippen LogP contribution in [0.2, 0.25) is 5.02 Å². The molecule has 0 radical (unpaired) electrons. The Morgan fingerprint density at radius 2 is 2.12 bits per heavy atom. The van der Waals surface area contributed by atoms with E-state index < -0.39 is 6.04 Å². The van der Waals surface area contributed by atoms with E-state index in [4.69, 9.17) is 11.6 Å². The zero-order chi connectivity index (χ0) is 17.0. The van der Waals surface area contributed by atoms with Crippen LogP contribution in [0.5, 0.6) is 0 Å². The lowest BCUT2D eigenvalue weighted by atomic mass is 10.1. The highest BCUT2D eigenvalue weighted by Crippen LogP contribution is 2.30. The Hall–Kier alpha value is -2.01. The molecule has 1 aromatic heterocycles. The van der Waals surface area contributed by atoms with Crippen LogP contribution in [0.4, 0.5) is 0 Å². The number of aryl methyl sites for hydroxylation is 1. The van der Waals surface area contributed by atoms with Crippen molar-refractivity contribution in [3.63, 3.8) is 0 Å². The fraction of sp³-hybridized carbons (Fsp3) is 0.444. The molecule has 2 aromatic rings. The molecule has 2 atom stereocenters. The number of hydrogen-bond donors (Lipinski definition) is 0. The van der Waals surface area contributed by atoms with Crippen molar-refractivity contribution in [2.75, 3.05) is 13.1 Å². The second-order valence-corrected chi connectivity index (χ2v) is 7.13. The normalized spacial score (nSPS) is 23.9. The fourth-order valence-electron chi connectivity index (χ4n) is 4.05. The van der Waals surface area contributed by atoms with Gasteiger partial charge in [0.1, 0.15) is 11.7 Å². The molecule has 2 fully saturated rings. The van der Waals surface area contributed by atoms with Crippen LogP contribution in [0.25, 0.3) is 10.9 Å². The number of carbonyl (C=O) groups excluding carboxylic acids is 2. The summed E-state index contributed by atoms with van der Waals surface area (Å²) in [5.41, 5.74) is 1.42. The van der Waals surface area contributed by atoms with Crippen molar-refractivity contribution in [2.24, 2.45) is 7.05 Å². The number of hydrogen-bond acceptors (Lipinski definition) is 2. The molecule has 2 aliphatic heterocycles. The molecule has 1 aromatic carbocycles. The minimum absolute atomic E-state index is 0.0638. The van der Waals surface area contributed by atoms with Gasteiger partial charge in [0.15, 0.2) is 0 Å². The molecule has 2 amide bonds. The first kappa shape index (κ1) is 15.5. The number of amides is 2. The minimum Gasteiger partial charge on any atom is -0.338 e. The summed E-state index contributed by atoms with van der Waals surface area (Å²) < 4.78 is 1.83. The van der Waals surface area contributed by atoms with Crippen molar-refractivity contribution >= 4 is 34.3 Å². The lowest BCUT2D eigenvalue weighted by Crippen LogP contribution is -2.60. The molecule has 2 aliphatic rings. The third-order valence-electron chi connectivity index (χ3n) is 5.38. The van der Waals surface area contributed by atoms with Gasteiger partial charge in [-0.3, -0.25) is 9.59 Å².